The third-order valence-corrected chi connectivity index (χ3v) is 4.26. The molecule has 2 N–H and O–H groups in total. The number of aromatic nitrogens is 2. The van der Waals surface area contributed by atoms with E-state index in [1.165, 1.54) is 12.8 Å². The average molecular weight is 354 g/mol. The molecule has 6 heteroatoms. The number of carbonyl (C=O) groups is 1. The van der Waals surface area contributed by atoms with Gasteiger partial charge in [0.05, 0.1) is 6.10 Å². The first-order valence-corrected chi connectivity index (χ1v) is 9.20. The fourth-order valence-electron chi connectivity index (χ4n) is 3.11. The number of nitrogens with zero attached hydrogens (tertiary/aromatic N) is 2. The quantitative estimate of drug-likeness (QED) is 0.820. The molecule has 26 heavy (non-hydrogen) atoms. The minimum atomic E-state index is -0.133. The van der Waals surface area contributed by atoms with E-state index in [0.717, 1.165) is 24.3 Å². The van der Waals surface area contributed by atoms with Crippen LogP contribution in [0, 0.1) is 6.92 Å². The number of aryl methyl sites for hydroxylation is 1. The number of hydrogen-bond donors (Lipinski definition) is 2. The summed E-state index contributed by atoms with van der Waals surface area (Å²) in [4.78, 5) is 21.1. The van der Waals surface area contributed by atoms with E-state index >= 15 is 0 Å². The lowest BCUT2D eigenvalue weighted by atomic mass is 10.2. The van der Waals surface area contributed by atoms with Crippen molar-refractivity contribution in [3.05, 3.63) is 41.9 Å². The molecule has 1 fully saturated rings. The zero-order chi connectivity index (χ0) is 18.5. The van der Waals surface area contributed by atoms with Gasteiger partial charge in [-0.25, -0.2) is 9.97 Å². The van der Waals surface area contributed by atoms with E-state index in [2.05, 4.69) is 20.6 Å². The first kappa shape index (κ1) is 18.2. The van der Waals surface area contributed by atoms with E-state index in [9.17, 15) is 4.79 Å². The molecule has 0 radical (unpaired) electrons. The summed E-state index contributed by atoms with van der Waals surface area (Å²) in [6, 6.07) is 9.62. The van der Waals surface area contributed by atoms with Gasteiger partial charge in [-0.05, 0) is 57.9 Å². The van der Waals surface area contributed by atoms with E-state index in [1.807, 2.05) is 38.1 Å². The van der Waals surface area contributed by atoms with Crippen LogP contribution in [0.5, 0.6) is 5.75 Å². The molecule has 0 atom stereocenters. The predicted molar refractivity (Wildman–Crippen MR) is 102 cm³/mol. The fourth-order valence-corrected chi connectivity index (χ4v) is 3.11. The van der Waals surface area contributed by atoms with Gasteiger partial charge in [-0.2, -0.15) is 0 Å². The summed E-state index contributed by atoms with van der Waals surface area (Å²) in [6.07, 6.45) is 4.59. The molecule has 1 aromatic heterocycles. The summed E-state index contributed by atoms with van der Waals surface area (Å²) >= 11 is 0. The standard InChI is InChI=1S/C20H26N4O2/c1-13(2)26-17-10-8-16(9-11-17)23-19-12-18(21-14(3)22-19)20(25)24-15-6-4-5-7-15/h8-13,15H,4-7H2,1-3H3,(H,24,25)(H,21,22,23). The average Bonchev–Trinajstić information content (AvgIpc) is 3.08. The molecule has 0 aliphatic heterocycles. The van der Waals surface area contributed by atoms with Crippen molar-refractivity contribution in [1.29, 1.82) is 0 Å². The highest BCUT2D eigenvalue weighted by Gasteiger charge is 2.19. The number of nitrogens with one attached hydrogen (secondary N) is 2. The number of rotatable bonds is 6. The van der Waals surface area contributed by atoms with Crippen molar-refractivity contribution in [2.45, 2.75) is 58.6 Å². The molecule has 1 aliphatic rings. The van der Waals surface area contributed by atoms with Crippen LogP contribution >= 0.6 is 0 Å². The van der Waals surface area contributed by atoms with Crippen molar-refractivity contribution < 1.29 is 9.53 Å². The Morgan fingerprint density at radius 2 is 1.85 bits per heavy atom. The van der Waals surface area contributed by atoms with Gasteiger partial charge in [0.25, 0.3) is 5.91 Å². The summed E-state index contributed by atoms with van der Waals surface area (Å²) in [5.74, 6) is 1.85. The zero-order valence-electron chi connectivity index (χ0n) is 15.6. The lowest BCUT2D eigenvalue weighted by Crippen LogP contribution is -2.33. The number of ether oxygens (including phenoxy) is 1. The number of benzene rings is 1. The first-order valence-electron chi connectivity index (χ1n) is 9.20. The second kappa shape index (κ2) is 8.17. The normalized spacial score (nSPS) is 14.5. The van der Waals surface area contributed by atoms with Gasteiger partial charge in [0.15, 0.2) is 0 Å². The molecule has 1 aromatic carbocycles. The first-order chi connectivity index (χ1) is 12.5. The van der Waals surface area contributed by atoms with Crippen LogP contribution in [0.4, 0.5) is 11.5 Å². The molecule has 1 saturated carbocycles. The Kier molecular flexibility index (Phi) is 5.71. The van der Waals surface area contributed by atoms with Crippen molar-refractivity contribution in [3.8, 4) is 5.75 Å². The van der Waals surface area contributed by atoms with Crippen molar-refractivity contribution >= 4 is 17.4 Å². The Morgan fingerprint density at radius 3 is 2.50 bits per heavy atom. The van der Waals surface area contributed by atoms with Gasteiger partial charge in [0.1, 0.15) is 23.1 Å². The van der Waals surface area contributed by atoms with E-state index < -0.39 is 0 Å². The summed E-state index contributed by atoms with van der Waals surface area (Å²) in [5.41, 5.74) is 1.27. The summed E-state index contributed by atoms with van der Waals surface area (Å²) in [7, 11) is 0. The zero-order valence-corrected chi connectivity index (χ0v) is 15.6. The molecule has 0 bridgehead atoms. The van der Waals surface area contributed by atoms with Crippen molar-refractivity contribution in [2.75, 3.05) is 5.32 Å². The smallest absolute Gasteiger partial charge is 0.270 e. The number of amides is 1. The van der Waals surface area contributed by atoms with Gasteiger partial charge in [0, 0.05) is 17.8 Å². The van der Waals surface area contributed by atoms with Crippen LogP contribution in [0.15, 0.2) is 30.3 Å². The molecular formula is C20H26N4O2. The van der Waals surface area contributed by atoms with Gasteiger partial charge >= 0.3 is 0 Å². The minimum absolute atomic E-state index is 0.133. The minimum Gasteiger partial charge on any atom is -0.491 e. The maximum absolute atomic E-state index is 12.5. The van der Waals surface area contributed by atoms with Crippen LogP contribution in [-0.4, -0.2) is 28.0 Å². The Morgan fingerprint density at radius 1 is 1.15 bits per heavy atom. The van der Waals surface area contributed by atoms with Crippen molar-refractivity contribution in [1.82, 2.24) is 15.3 Å². The molecule has 3 rings (SSSR count). The Hall–Kier alpha value is -2.63. The molecule has 1 heterocycles. The summed E-state index contributed by atoms with van der Waals surface area (Å²) in [5, 5.41) is 6.29. The van der Waals surface area contributed by atoms with Gasteiger partial charge < -0.3 is 15.4 Å². The Bertz CT molecular complexity index is 753. The van der Waals surface area contributed by atoms with Crippen LogP contribution in [-0.2, 0) is 0 Å². The summed E-state index contributed by atoms with van der Waals surface area (Å²) in [6.45, 7) is 5.78. The van der Waals surface area contributed by atoms with E-state index in [-0.39, 0.29) is 18.1 Å². The number of carbonyl (C=O) groups excluding carboxylic acids is 1. The topological polar surface area (TPSA) is 76.1 Å². The third kappa shape index (κ3) is 4.94. The second-order valence-corrected chi connectivity index (χ2v) is 6.96. The highest BCUT2D eigenvalue weighted by atomic mass is 16.5. The van der Waals surface area contributed by atoms with E-state index in [0.29, 0.717) is 17.3 Å². The molecule has 0 saturated heterocycles. The lowest BCUT2D eigenvalue weighted by Gasteiger charge is -2.13. The molecule has 6 nitrogen and oxygen atoms in total. The van der Waals surface area contributed by atoms with Gasteiger partial charge in [-0.3, -0.25) is 4.79 Å². The van der Waals surface area contributed by atoms with Crippen LogP contribution in [0.3, 0.4) is 0 Å². The van der Waals surface area contributed by atoms with Crippen LogP contribution < -0.4 is 15.4 Å². The molecule has 1 amide bonds. The maximum atomic E-state index is 12.5. The predicted octanol–water partition coefficient (Wildman–Crippen LogP) is 3.99. The van der Waals surface area contributed by atoms with Gasteiger partial charge in [-0.15, -0.1) is 0 Å². The second-order valence-electron chi connectivity index (χ2n) is 6.96. The van der Waals surface area contributed by atoms with Crippen molar-refractivity contribution in [3.63, 3.8) is 0 Å². The fraction of sp³-hybridized carbons (Fsp3) is 0.450. The highest BCUT2D eigenvalue weighted by molar-refractivity contribution is 5.93. The maximum Gasteiger partial charge on any atom is 0.270 e. The SMILES string of the molecule is Cc1nc(Nc2ccc(OC(C)C)cc2)cc(C(=O)NC2CCCC2)n1. The monoisotopic (exact) mass is 354 g/mol. The van der Waals surface area contributed by atoms with E-state index in [4.69, 9.17) is 4.74 Å². The van der Waals surface area contributed by atoms with Crippen molar-refractivity contribution in [2.24, 2.45) is 0 Å². The van der Waals surface area contributed by atoms with Crippen LogP contribution in [0.1, 0.15) is 55.8 Å². The number of hydrogen-bond acceptors (Lipinski definition) is 5. The van der Waals surface area contributed by atoms with Crippen LogP contribution in [0.2, 0.25) is 0 Å². The van der Waals surface area contributed by atoms with E-state index in [1.54, 1.807) is 13.0 Å². The molecule has 1 aliphatic carbocycles. The summed E-state index contributed by atoms with van der Waals surface area (Å²) < 4.78 is 5.65. The van der Waals surface area contributed by atoms with Crippen LogP contribution in [0.25, 0.3) is 0 Å². The van der Waals surface area contributed by atoms with Gasteiger partial charge in [-0.1, -0.05) is 12.8 Å². The van der Waals surface area contributed by atoms with Gasteiger partial charge in [0.2, 0.25) is 0 Å². The third-order valence-electron chi connectivity index (χ3n) is 4.26. The lowest BCUT2D eigenvalue weighted by molar-refractivity contribution is 0.0932. The highest BCUT2D eigenvalue weighted by Crippen LogP contribution is 2.21. The largest absolute Gasteiger partial charge is 0.491 e. The Balaban J connectivity index is 1.69. The molecular weight excluding hydrogens is 328 g/mol. The number of anilines is 2. The molecule has 0 spiro atoms. The Labute approximate surface area is 154 Å². The molecule has 138 valence electrons. The molecule has 2 aromatic rings. The molecule has 0 unspecified atom stereocenters.